The average molecular weight is 265 g/mol. The molecule has 2 aromatic heterocycles. The van der Waals surface area contributed by atoms with Gasteiger partial charge in [-0.2, -0.15) is 0 Å². The van der Waals surface area contributed by atoms with Crippen LogP contribution < -0.4 is 5.32 Å². The Bertz CT molecular complexity index is 436. The molecule has 18 heavy (non-hydrogen) atoms. The summed E-state index contributed by atoms with van der Waals surface area (Å²) in [7, 11) is 0. The molecule has 4 heteroatoms. The number of rotatable bonds is 8. The molecule has 0 radical (unpaired) electrons. The van der Waals surface area contributed by atoms with Crippen molar-refractivity contribution < 1.29 is 9.15 Å². The molecule has 2 rings (SSSR count). The molecule has 0 aliphatic heterocycles. The molecule has 0 aliphatic rings. The molecule has 2 aromatic rings. The smallest absolute Gasteiger partial charge is 0.129 e. The van der Waals surface area contributed by atoms with Gasteiger partial charge >= 0.3 is 0 Å². The molecule has 0 saturated carbocycles. The van der Waals surface area contributed by atoms with Crippen molar-refractivity contribution in [3.63, 3.8) is 0 Å². The molecule has 0 unspecified atom stereocenters. The Balaban J connectivity index is 1.69. The van der Waals surface area contributed by atoms with Gasteiger partial charge in [-0.3, -0.25) is 0 Å². The fourth-order valence-electron chi connectivity index (χ4n) is 1.65. The van der Waals surface area contributed by atoms with E-state index in [1.54, 1.807) is 17.6 Å². The molecule has 2 heterocycles. The van der Waals surface area contributed by atoms with Crippen molar-refractivity contribution in [3.8, 4) is 0 Å². The van der Waals surface area contributed by atoms with Crippen molar-refractivity contribution in [2.45, 2.75) is 33.1 Å². The van der Waals surface area contributed by atoms with Gasteiger partial charge < -0.3 is 14.5 Å². The molecule has 0 aliphatic carbocycles. The van der Waals surface area contributed by atoms with Crippen LogP contribution in [0.1, 0.15) is 29.5 Å². The summed E-state index contributed by atoms with van der Waals surface area (Å²) in [5, 5.41) is 5.40. The topological polar surface area (TPSA) is 34.4 Å². The van der Waals surface area contributed by atoms with Crippen LogP contribution in [0.2, 0.25) is 0 Å². The zero-order valence-corrected chi connectivity index (χ0v) is 11.5. The van der Waals surface area contributed by atoms with Crippen molar-refractivity contribution in [2.24, 2.45) is 0 Å². The van der Waals surface area contributed by atoms with E-state index in [0.717, 1.165) is 25.3 Å². The second-order valence-electron chi connectivity index (χ2n) is 4.17. The van der Waals surface area contributed by atoms with E-state index in [2.05, 4.69) is 29.8 Å². The minimum atomic E-state index is 0.533. The maximum absolute atomic E-state index is 5.60. The van der Waals surface area contributed by atoms with Crippen LogP contribution in [0.3, 0.4) is 0 Å². The van der Waals surface area contributed by atoms with Crippen molar-refractivity contribution in [3.05, 3.63) is 46.0 Å². The second-order valence-corrected chi connectivity index (χ2v) is 5.20. The molecule has 3 nitrogen and oxygen atoms in total. The highest BCUT2D eigenvalue weighted by molar-refractivity contribution is 7.09. The van der Waals surface area contributed by atoms with Gasteiger partial charge in [0.25, 0.3) is 0 Å². The number of hydrogen-bond donors (Lipinski definition) is 1. The molecule has 0 amide bonds. The maximum atomic E-state index is 5.60. The summed E-state index contributed by atoms with van der Waals surface area (Å²) in [6.07, 6.45) is 2.95. The van der Waals surface area contributed by atoms with Gasteiger partial charge in [0.1, 0.15) is 12.4 Å². The summed E-state index contributed by atoms with van der Waals surface area (Å²) in [5.74, 6) is 0.889. The summed E-state index contributed by atoms with van der Waals surface area (Å²) >= 11 is 1.71. The van der Waals surface area contributed by atoms with E-state index in [1.807, 2.05) is 6.07 Å². The molecule has 0 atom stereocenters. The Kier molecular flexibility index (Phi) is 5.45. The fraction of sp³-hybridized carbons (Fsp3) is 0.429. The first-order chi connectivity index (χ1) is 8.88. The number of furan rings is 1. The van der Waals surface area contributed by atoms with Gasteiger partial charge in [-0.15, -0.1) is 11.3 Å². The molecule has 1 N–H and O–H groups in total. The quantitative estimate of drug-likeness (QED) is 0.741. The lowest BCUT2D eigenvalue weighted by Crippen LogP contribution is -2.13. The van der Waals surface area contributed by atoms with Crippen LogP contribution in [0.5, 0.6) is 0 Å². The van der Waals surface area contributed by atoms with Crippen LogP contribution in [0.4, 0.5) is 0 Å². The van der Waals surface area contributed by atoms with Crippen LogP contribution in [0.15, 0.2) is 34.3 Å². The summed E-state index contributed by atoms with van der Waals surface area (Å²) in [5.41, 5.74) is 1.18. The fourth-order valence-corrected chi connectivity index (χ4v) is 2.29. The van der Waals surface area contributed by atoms with Crippen LogP contribution in [-0.2, 0) is 24.5 Å². The van der Waals surface area contributed by atoms with E-state index in [0.29, 0.717) is 13.2 Å². The third-order valence-corrected chi connectivity index (χ3v) is 3.38. The van der Waals surface area contributed by atoms with Crippen LogP contribution in [0.25, 0.3) is 0 Å². The SMILES string of the molecule is CCCNCc1coc(COCc2cccs2)c1. The van der Waals surface area contributed by atoms with Gasteiger partial charge in [-0.25, -0.2) is 0 Å². The molecule has 0 aromatic carbocycles. The normalized spacial score (nSPS) is 10.9. The Morgan fingerprint density at radius 2 is 2.33 bits per heavy atom. The maximum Gasteiger partial charge on any atom is 0.129 e. The van der Waals surface area contributed by atoms with Gasteiger partial charge in [0.2, 0.25) is 0 Å². The minimum Gasteiger partial charge on any atom is -0.467 e. The Labute approximate surface area is 112 Å². The molecule has 0 bridgehead atoms. The third kappa shape index (κ3) is 4.29. The van der Waals surface area contributed by atoms with E-state index < -0.39 is 0 Å². The molecular weight excluding hydrogens is 246 g/mol. The summed E-state index contributed by atoms with van der Waals surface area (Å²) in [6, 6.07) is 6.16. The van der Waals surface area contributed by atoms with Gasteiger partial charge in [-0.05, 0) is 30.5 Å². The minimum absolute atomic E-state index is 0.533. The zero-order chi connectivity index (χ0) is 12.6. The van der Waals surface area contributed by atoms with Gasteiger partial charge in [0.15, 0.2) is 0 Å². The molecule has 0 saturated heterocycles. The van der Waals surface area contributed by atoms with E-state index in [4.69, 9.17) is 9.15 Å². The zero-order valence-electron chi connectivity index (χ0n) is 10.6. The van der Waals surface area contributed by atoms with Crippen LogP contribution >= 0.6 is 11.3 Å². The second kappa shape index (κ2) is 7.36. The lowest BCUT2D eigenvalue weighted by molar-refractivity contribution is 0.0948. The number of nitrogens with one attached hydrogen (secondary N) is 1. The Hall–Kier alpha value is -1.10. The Morgan fingerprint density at radius 1 is 1.39 bits per heavy atom. The lowest BCUT2D eigenvalue weighted by Gasteiger charge is -1.99. The highest BCUT2D eigenvalue weighted by Crippen LogP contribution is 2.13. The van der Waals surface area contributed by atoms with Gasteiger partial charge in [-0.1, -0.05) is 13.0 Å². The molecular formula is C14H19NO2S. The van der Waals surface area contributed by atoms with Crippen molar-refractivity contribution >= 4 is 11.3 Å². The lowest BCUT2D eigenvalue weighted by atomic mass is 10.3. The van der Waals surface area contributed by atoms with Gasteiger partial charge in [0.05, 0.1) is 12.9 Å². The van der Waals surface area contributed by atoms with Crippen LogP contribution in [0, 0.1) is 0 Å². The van der Waals surface area contributed by atoms with E-state index in [1.165, 1.54) is 10.4 Å². The average Bonchev–Trinajstić information content (AvgIpc) is 3.01. The molecule has 98 valence electrons. The summed E-state index contributed by atoms with van der Waals surface area (Å²) in [4.78, 5) is 1.24. The number of ether oxygens (including phenoxy) is 1. The van der Waals surface area contributed by atoms with Crippen molar-refractivity contribution in [2.75, 3.05) is 6.54 Å². The number of thiophene rings is 1. The predicted molar refractivity (Wildman–Crippen MR) is 73.5 cm³/mol. The van der Waals surface area contributed by atoms with Crippen molar-refractivity contribution in [1.29, 1.82) is 0 Å². The van der Waals surface area contributed by atoms with Crippen LogP contribution in [-0.4, -0.2) is 6.54 Å². The third-order valence-electron chi connectivity index (χ3n) is 2.53. The largest absolute Gasteiger partial charge is 0.467 e. The number of hydrogen-bond acceptors (Lipinski definition) is 4. The highest BCUT2D eigenvalue weighted by Gasteiger charge is 2.02. The van der Waals surface area contributed by atoms with E-state index in [-0.39, 0.29) is 0 Å². The summed E-state index contributed by atoms with van der Waals surface area (Å²) < 4.78 is 11.1. The first-order valence-corrected chi connectivity index (χ1v) is 7.13. The summed E-state index contributed by atoms with van der Waals surface area (Å²) in [6.45, 7) is 5.25. The van der Waals surface area contributed by atoms with Gasteiger partial charge in [0, 0.05) is 17.0 Å². The van der Waals surface area contributed by atoms with E-state index in [9.17, 15) is 0 Å². The first-order valence-electron chi connectivity index (χ1n) is 6.25. The Morgan fingerprint density at radius 3 is 3.11 bits per heavy atom. The monoisotopic (exact) mass is 265 g/mol. The first kappa shape index (κ1) is 13.3. The molecule has 0 fully saturated rings. The molecule has 0 spiro atoms. The van der Waals surface area contributed by atoms with Crippen molar-refractivity contribution in [1.82, 2.24) is 5.32 Å². The standard InChI is InChI=1S/C14H19NO2S/c1-2-5-15-8-12-7-13(17-9-12)10-16-11-14-4-3-6-18-14/h3-4,6-7,9,15H,2,5,8,10-11H2,1H3. The predicted octanol–water partition coefficient (Wildman–Crippen LogP) is 3.56. The van der Waals surface area contributed by atoms with E-state index >= 15 is 0 Å². The highest BCUT2D eigenvalue weighted by atomic mass is 32.1.